The molecule has 1 aliphatic carbocycles. The van der Waals surface area contributed by atoms with Crippen LogP contribution in [-0.4, -0.2) is 15.8 Å². The largest absolute Gasteiger partial charge is 0.289 e. The van der Waals surface area contributed by atoms with E-state index >= 15 is 0 Å². The van der Waals surface area contributed by atoms with Crippen molar-refractivity contribution in [1.82, 2.24) is 9.97 Å². The predicted molar refractivity (Wildman–Crippen MR) is 87.8 cm³/mol. The van der Waals surface area contributed by atoms with Gasteiger partial charge in [-0.2, -0.15) is 0 Å². The highest BCUT2D eigenvalue weighted by atomic mass is 16.1. The molecule has 2 aromatic rings. The quantitative estimate of drug-likeness (QED) is 0.787. The Morgan fingerprint density at radius 1 is 0.955 bits per heavy atom. The van der Waals surface area contributed by atoms with E-state index in [2.05, 4.69) is 16.9 Å². The highest BCUT2D eigenvalue weighted by Crippen LogP contribution is 2.31. The highest BCUT2D eigenvalue weighted by Gasteiger charge is 2.25. The van der Waals surface area contributed by atoms with Crippen LogP contribution in [0.1, 0.15) is 30.9 Å². The van der Waals surface area contributed by atoms with Crippen LogP contribution >= 0.6 is 0 Å². The molecule has 0 bridgehead atoms. The van der Waals surface area contributed by atoms with E-state index in [-0.39, 0.29) is 5.78 Å². The number of nitrogens with zero attached hydrogens (tertiary/aromatic N) is 2. The lowest BCUT2D eigenvalue weighted by Gasteiger charge is -2.22. The first-order chi connectivity index (χ1) is 10.7. The second-order valence-corrected chi connectivity index (χ2v) is 5.75. The van der Waals surface area contributed by atoms with Crippen LogP contribution in [0, 0.1) is 5.92 Å². The van der Waals surface area contributed by atoms with Gasteiger partial charge in [-0.3, -0.25) is 14.8 Å². The second kappa shape index (κ2) is 6.48. The maximum absolute atomic E-state index is 12.7. The molecule has 0 aromatic carbocycles. The van der Waals surface area contributed by atoms with Crippen LogP contribution < -0.4 is 0 Å². The first kappa shape index (κ1) is 14.4. The first-order valence-electron chi connectivity index (χ1n) is 7.48. The van der Waals surface area contributed by atoms with E-state index in [0.717, 1.165) is 35.1 Å². The molecule has 0 spiro atoms. The van der Waals surface area contributed by atoms with E-state index in [9.17, 15) is 4.79 Å². The molecule has 110 valence electrons. The molecule has 1 saturated carbocycles. The summed E-state index contributed by atoms with van der Waals surface area (Å²) in [5.41, 5.74) is 3.67. The molecule has 0 radical (unpaired) electrons. The van der Waals surface area contributed by atoms with E-state index in [4.69, 9.17) is 0 Å². The van der Waals surface area contributed by atoms with Crippen molar-refractivity contribution in [3.63, 3.8) is 0 Å². The molecule has 3 nitrogen and oxygen atoms in total. The first-order valence-corrected chi connectivity index (χ1v) is 7.48. The summed E-state index contributed by atoms with van der Waals surface area (Å²) in [4.78, 5) is 20.9. The molecular weight excluding hydrogens is 272 g/mol. The molecule has 3 heteroatoms. The summed E-state index contributed by atoms with van der Waals surface area (Å²) in [6, 6.07) is 7.71. The molecule has 3 rings (SSSR count). The lowest BCUT2D eigenvalue weighted by molar-refractivity contribution is -0.113. The summed E-state index contributed by atoms with van der Waals surface area (Å²) in [5, 5.41) is 0. The van der Waals surface area contributed by atoms with Gasteiger partial charge in [-0.25, -0.2) is 0 Å². The molecule has 1 fully saturated rings. The van der Waals surface area contributed by atoms with E-state index in [1.165, 1.54) is 0 Å². The minimum Gasteiger partial charge on any atom is -0.289 e. The van der Waals surface area contributed by atoms with Gasteiger partial charge < -0.3 is 0 Å². The Morgan fingerprint density at radius 3 is 1.86 bits per heavy atom. The van der Waals surface area contributed by atoms with E-state index in [0.29, 0.717) is 5.92 Å². The van der Waals surface area contributed by atoms with Crippen LogP contribution in [0.2, 0.25) is 0 Å². The standard InChI is InChI=1S/C19H18N2O/c1-14-8-17(10-15-4-2-6-20-12-15)19(22)18(9-14)11-16-5-3-7-21-13-16/h2-7,10-14H,8-9H2,1H3/b17-10-,18-11-. The van der Waals surface area contributed by atoms with Crippen molar-refractivity contribution >= 4 is 17.9 Å². The summed E-state index contributed by atoms with van der Waals surface area (Å²) in [6.07, 6.45) is 12.6. The van der Waals surface area contributed by atoms with Gasteiger partial charge in [0.2, 0.25) is 0 Å². The average molecular weight is 290 g/mol. The Hall–Kier alpha value is -2.55. The van der Waals surface area contributed by atoms with Crippen molar-refractivity contribution in [1.29, 1.82) is 0 Å². The smallest absolute Gasteiger partial charge is 0.185 e. The molecule has 1 aliphatic rings. The average Bonchev–Trinajstić information content (AvgIpc) is 2.54. The van der Waals surface area contributed by atoms with Crippen LogP contribution in [0.3, 0.4) is 0 Å². The Bertz CT molecular complexity index is 656. The van der Waals surface area contributed by atoms with Gasteiger partial charge in [0.25, 0.3) is 0 Å². The maximum atomic E-state index is 12.7. The molecule has 22 heavy (non-hydrogen) atoms. The summed E-state index contributed by atoms with van der Waals surface area (Å²) >= 11 is 0. The van der Waals surface area contributed by atoms with Crippen molar-refractivity contribution in [2.75, 3.05) is 0 Å². The SMILES string of the molecule is CC1C/C(=C/c2cccnc2)C(=O)/C(=C\c2cccnc2)C1. The number of allylic oxidation sites excluding steroid dienone is 2. The van der Waals surface area contributed by atoms with Gasteiger partial charge in [-0.15, -0.1) is 0 Å². The number of pyridine rings is 2. The van der Waals surface area contributed by atoms with Gasteiger partial charge in [0.15, 0.2) is 5.78 Å². The molecule has 0 aliphatic heterocycles. The maximum Gasteiger partial charge on any atom is 0.185 e. The molecule has 2 aromatic heterocycles. The van der Waals surface area contributed by atoms with E-state index < -0.39 is 0 Å². The number of rotatable bonds is 2. The monoisotopic (exact) mass is 290 g/mol. The normalized spacial score (nSPS) is 22.2. The lowest BCUT2D eigenvalue weighted by atomic mass is 9.81. The van der Waals surface area contributed by atoms with Crippen LogP contribution in [0.15, 0.2) is 60.2 Å². The molecule has 0 unspecified atom stereocenters. The number of Topliss-reactive ketones (excluding diaryl/α,β-unsaturated/α-hetero) is 1. The summed E-state index contributed by atoms with van der Waals surface area (Å²) in [5.74, 6) is 0.606. The zero-order valence-corrected chi connectivity index (χ0v) is 12.6. The van der Waals surface area contributed by atoms with Gasteiger partial charge in [0.05, 0.1) is 0 Å². The third-order valence-electron chi connectivity index (χ3n) is 3.77. The van der Waals surface area contributed by atoms with Crippen molar-refractivity contribution in [3.05, 3.63) is 71.3 Å². The highest BCUT2D eigenvalue weighted by molar-refractivity contribution is 6.14. The third-order valence-corrected chi connectivity index (χ3v) is 3.77. The molecule has 0 amide bonds. The Morgan fingerprint density at radius 2 is 1.45 bits per heavy atom. The number of carbonyl (C=O) groups is 1. The number of aromatic nitrogens is 2. The molecule has 0 saturated heterocycles. The minimum absolute atomic E-state index is 0.144. The van der Waals surface area contributed by atoms with Gasteiger partial charge >= 0.3 is 0 Å². The van der Waals surface area contributed by atoms with E-state index in [1.807, 2.05) is 36.4 Å². The van der Waals surface area contributed by atoms with Gasteiger partial charge in [-0.05, 0) is 54.2 Å². The zero-order chi connectivity index (χ0) is 15.4. The summed E-state index contributed by atoms with van der Waals surface area (Å²) < 4.78 is 0. The van der Waals surface area contributed by atoms with Crippen LogP contribution in [0.25, 0.3) is 12.2 Å². The molecule has 0 atom stereocenters. The van der Waals surface area contributed by atoms with Gasteiger partial charge in [-0.1, -0.05) is 19.1 Å². The number of hydrogen-bond acceptors (Lipinski definition) is 3. The molecule has 0 N–H and O–H groups in total. The second-order valence-electron chi connectivity index (χ2n) is 5.75. The number of ketones is 1. The number of hydrogen-bond donors (Lipinski definition) is 0. The van der Waals surface area contributed by atoms with Crippen molar-refractivity contribution in [2.24, 2.45) is 5.92 Å². The van der Waals surface area contributed by atoms with E-state index in [1.54, 1.807) is 24.8 Å². The third kappa shape index (κ3) is 3.37. The van der Waals surface area contributed by atoms with Crippen molar-refractivity contribution in [2.45, 2.75) is 19.8 Å². The fourth-order valence-electron chi connectivity index (χ4n) is 2.79. The van der Waals surface area contributed by atoms with Gasteiger partial charge in [0.1, 0.15) is 0 Å². The van der Waals surface area contributed by atoms with Crippen molar-refractivity contribution in [3.8, 4) is 0 Å². The fraction of sp³-hybridized carbons (Fsp3) is 0.211. The minimum atomic E-state index is 0.144. The molecule has 2 heterocycles. The predicted octanol–water partition coefficient (Wildman–Crippen LogP) is 3.94. The zero-order valence-electron chi connectivity index (χ0n) is 12.6. The lowest BCUT2D eigenvalue weighted by Crippen LogP contribution is -2.18. The fourth-order valence-corrected chi connectivity index (χ4v) is 2.79. The van der Waals surface area contributed by atoms with Crippen molar-refractivity contribution < 1.29 is 4.79 Å². The number of carbonyl (C=O) groups excluding carboxylic acids is 1. The van der Waals surface area contributed by atoms with Gasteiger partial charge in [0, 0.05) is 35.9 Å². The summed E-state index contributed by atoms with van der Waals surface area (Å²) in [6.45, 7) is 2.18. The topological polar surface area (TPSA) is 42.9 Å². The van der Waals surface area contributed by atoms with Crippen LogP contribution in [-0.2, 0) is 4.79 Å². The Balaban J connectivity index is 1.92. The van der Waals surface area contributed by atoms with Crippen LogP contribution in [0.4, 0.5) is 0 Å². The van der Waals surface area contributed by atoms with Crippen LogP contribution in [0.5, 0.6) is 0 Å². The Labute approximate surface area is 130 Å². The Kier molecular flexibility index (Phi) is 4.24. The summed E-state index contributed by atoms with van der Waals surface area (Å²) in [7, 11) is 0. The molecular formula is C19H18N2O.